The molecular weight excluding hydrogens is 720 g/mol. The molecule has 0 fully saturated rings. The number of nitrogens with zero attached hydrogens (tertiary/aromatic N) is 2. The van der Waals surface area contributed by atoms with Crippen LogP contribution in [0.25, 0.3) is 10.6 Å². The van der Waals surface area contributed by atoms with Crippen LogP contribution < -0.4 is 14.8 Å². The summed E-state index contributed by atoms with van der Waals surface area (Å²) in [5, 5.41) is 14.3. The van der Waals surface area contributed by atoms with Crippen LogP contribution in [0.2, 0.25) is 0 Å². The molecule has 278 valence electrons. The van der Waals surface area contributed by atoms with Gasteiger partial charge in [-0.25, -0.2) is 9.78 Å². The van der Waals surface area contributed by atoms with Crippen molar-refractivity contribution in [3.05, 3.63) is 148 Å². The zero-order valence-corrected chi connectivity index (χ0v) is 29.7. The summed E-state index contributed by atoms with van der Waals surface area (Å²) in [6.07, 6.45) is 2.88. The molecule has 9 nitrogen and oxygen atoms in total. The highest BCUT2D eigenvalue weighted by Crippen LogP contribution is 2.30. The number of carbonyl (C=O) groups is 3. The van der Waals surface area contributed by atoms with E-state index in [9.17, 15) is 27.6 Å². The first-order valence-electron chi connectivity index (χ1n) is 17.1. The highest BCUT2D eigenvalue weighted by atomic mass is 32.1. The molecule has 1 atom stereocenters. The summed E-state index contributed by atoms with van der Waals surface area (Å²) in [7, 11) is 0. The number of halogens is 3. The molecule has 5 aromatic rings. The third kappa shape index (κ3) is 10.3. The Bertz CT molecular complexity index is 2080. The van der Waals surface area contributed by atoms with E-state index in [0.717, 1.165) is 60.4 Å². The van der Waals surface area contributed by atoms with Gasteiger partial charge >= 0.3 is 12.1 Å². The molecule has 0 radical (unpaired) electrons. The molecule has 1 unspecified atom stereocenters. The van der Waals surface area contributed by atoms with Crippen molar-refractivity contribution in [1.29, 1.82) is 0 Å². The van der Waals surface area contributed by atoms with E-state index in [4.69, 9.17) is 19.6 Å². The molecule has 2 amide bonds. The number of thiazole rings is 1. The number of nitrogens with one attached hydrogen (secondary N) is 1. The highest BCUT2D eigenvalue weighted by molar-refractivity contribution is 7.13. The summed E-state index contributed by atoms with van der Waals surface area (Å²) in [6, 6.07) is 25.3. The van der Waals surface area contributed by atoms with E-state index in [1.807, 2.05) is 24.3 Å². The number of amides is 2. The van der Waals surface area contributed by atoms with Gasteiger partial charge in [0.2, 0.25) is 0 Å². The Hall–Kier alpha value is -5.95. The van der Waals surface area contributed by atoms with Crippen LogP contribution in [0.4, 0.5) is 13.2 Å². The normalized spacial score (nSPS) is 13.9. The van der Waals surface area contributed by atoms with Gasteiger partial charge in [0, 0.05) is 41.6 Å². The van der Waals surface area contributed by atoms with Crippen molar-refractivity contribution in [3.63, 3.8) is 0 Å². The van der Waals surface area contributed by atoms with Crippen LogP contribution in [-0.4, -0.2) is 45.5 Å². The predicted octanol–water partition coefficient (Wildman–Crippen LogP) is 8.55. The van der Waals surface area contributed by atoms with E-state index in [1.54, 1.807) is 53.9 Å². The number of rotatable bonds is 14. The average molecular weight is 756 g/mol. The highest BCUT2D eigenvalue weighted by Gasteiger charge is 2.30. The number of aliphatic carboxylic acids is 1. The Labute approximate surface area is 313 Å². The largest absolute Gasteiger partial charge is 0.490 e. The first kappa shape index (κ1) is 37.8. The smallest absolute Gasteiger partial charge is 0.416 e. The zero-order chi connectivity index (χ0) is 38.1. The lowest BCUT2D eigenvalue weighted by Crippen LogP contribution is -2.30. The van der Waals surface area contributed by atoms with E-state index < -0.39 is 30.2 Å². The van der Waals surface area contributed by atoms with Gasteiger partial charge in [0.05, 0.1) is 17.8 Å². The number of ether oxygens (including phenoxy) is 2. The van der Waals surface area contributed by atoms with Crippen molar-refractivity contribution >= 4 is 29.1 Å². The lowest BCUT2D eigenvalue weighted by atomic mass is 10.0. The maximum atomic E-state index is 13.7. The molecule has 1 aliphatic rings. The SMILES string of the molecule is O=C(O)COc1ccc(CN(Cc2csc(-c3ccc(C(=O)NCc4ccc(OC5CC=CCC5)cc4)cc3)n2)C(=O)c2ccc(C(F)(F)F)cc2)cc1. The maximum Gasteiger partial charge on any atom is 0.416 e. The van der Waals surface area contributed by atoms with Gasteiger partial charge in [-0.05, 0) is 84.6 Å². The summed E-state index contributed by atoms with van der Waals surface area (Å²) in [5.41, 5.74) is 2.65. The number of allylic oxidation sites excluding steroid dienone is 1. The van der Waals surface area contributed by atoms with Gasteiger partial charge in [-0.2, -0.15) is 13.2 Å². The standard InChI is InChI=1S/C41H36F3N3O6S/c42-41(43,44)32-16-14-31(15-17-32)40(51)47(23-28-8-18-34(19-9-28)52-25-37(48)49)24-33-26-54-39(46-33)30-12-10-29(11-13-30)38(50)45-22-27-6-20-36(21-7-27)53-35-4-2-1-3-5-35/h1-2,6-21,26,35H,3-5,22-25H2,(H,45,50)(H,48,49). The first-order chi connectivity index (χ1) is 26.0. The molecule has 1 aromatic heterocycles. The molecule has 0 aliphatic heterocycles. The van der Waals surface area contributed by atoms with Crippen molar-refractivity contribution in [2.45, 2.75) is 51.2 Å². The summed E-state index contributed by atoms with van der Waals surface area (Å²) in [4.78, 5) is 43.6. The second-order valence-electron chi connectivity index (χ2n) is 12.6. The zero-order valence-electron chi connectivity index (χ0n) is 28.9. The minimum absolute atomic E-state index is 0.0547. The Morgan fingerprint density at radius 3 is 2.15 bits per heavy atom. The molecule has 4 aromatic carbocycles. The summed E-state index contributed by atoms with van der Waals surface area (Å²) >= 11 is 1.35. The third-order valence-corrected chi connectivity index (χ3v) is 9.54. The van der Waals surface area contributed by atoms with Gasteiger partial charge in [-0.1, -0.05) is 48.6 Å². The molecule has 1 heterocycles. The Kier molecular flexibility index (Phi) is 12.1. The van der Waals surface area contributed by atoms with Gasteiger partial charge in [0.1, 0.15) is 22.6 Å². The van der Waals surface area contributed by atoms with Gasteiger partial charge in [-0.15, -0.1) is 11.3 Å². The molecular formula is C41H36F3N3O6S. The monoisotopic (exact) mass is 755 g/mol. The molecule has 13 heteroatoms. The molecule has 0 bridgehead atoms. The molecule has 2 N–H and O–H groups in total. The van der Waals surface area contributed by atoms with Gasteiger partial charge < -0.3 is 24.8 Å². The van der Waals surface area contributed by atoms with Crippen LogP contribution in [0.1, 0.15) is 62.4 Å². The van der Waals surface area contributed by atoms with Crippen molar-refractivity contribution in [3.8, 4) is 22.1 Å². The van der Waals surface area contributed by atoms with E-state index in [-0.39, 0.29) is 30.7 Å². The van der Waals surface area contributed by atoms with E-state index in [1.165, 1.54) is 16.2 Å². The lowest BCUT2D eigenvalue weighted by Gasteiger charge is -2.22. The number of alkyl halides is 3. The molecule has 0 saturated heterocycles. The maximum absolute atomic E-state index is 13.7. The second kappa shape index (κ2) is 17.3. The number of carboxylic acid groups (broad SMARTS) is 1. The second-order valence-corrected chi connectivity index (χ2v) is 13.5. The predicted molar refractivity (Wildman–Crippen MR) is 197 cm³/mol. The topological polar surface area (TPSA) is 118 Å². The van der Waals surface area contributed by atoms with Crippen molar-refractivity contribution in [2.24, 2.45) is 0 Å². The van der Waals surface area contributed by atoms with Crippen LogP contribution in [0.3, 0.4) is 0 Å². The summed E-state index contributed by atoms with van der Waals surface area (Å²) in [6.45, 7) is -0.0113. The quantitative estimate of drug-likeness (QED) is 0.109. The fourth-order valence-corrected chi connectivity index (χ4v) is 6.56. The fraction of sp³-hybridized carbons (Fsp3) is 0.220. The molecule has 6 rings (SSSR count). The molecule has 0 saturated carbocycles. The van der Waals surface area contributed by atoms with Crippen LogP contribution in [0, 0.1) is 0 Å². The number of aromatic nitrogens is 1. The Balaban J connectivity index is 1.09. The first-order valence-corrected chi connectivity index (χ1v) is 18.0. The minimum atomic E-state index is -4.54. The van der Waals surface area contributed by atoms with Crippen molar-refractivity contribution in [1.82, 2.24) is 15.2 Å². The van der Waals surface area contributed by atoms with Crippen molar-refractivity contribution < 1.29 is 42.1 Å². The summed E-state index contributed by atoms with van der Waals surface area (Å²) in [5.74, 6) is -0.710. The fourth-order valence-electron chi connectivity index (χ4n) is 5.75. The third-order valence-electron chi connectivity index (χ3n) is 8.60. The Morgan fingerprint density at radius 1 is 0.833 bits per heavy atom. The van der Waals surface area contributed by atoms with Crippen molar-refractivity contribution in [2.75, 3.05) is 6.61 Å². The van der Waals surface area contributed by atoms with E-state index in [2.05, 4.69) is 17.5 Å². The van der Waals surface area contributed by atoms with E-state index >= 15 is 0 Å². The average Bonchev–Trinajstić information content (AvgIpc) is 3.65. The number of benzene rings is 4. The van der Waals surface area contributed by atoms with Crippen LogP contribution in [-0.2, 0) is 30.6 Å². The van der Waals surface area contributed by atoms with Crippen LogP contribution in [0.5, 0.6) is 11.5 Å². The minimum Gasteiger partial charge on any atom is -0.490 e. The molecule has 0 spiro atoms. The van der Waals surface area contributed by atoms with Gasteiger partial charge in [0.25, 0.3) is 11.8 Å². The Morgan fingerprint density at radius 2 is 1.50 bits per heavy atom. The van der Waals surface area contributed by atoms with E-state index in [0.29, 0.717) is 34.1 Å². The van der Waals surface area contributed by atoms with Gasteiger partial charge in [-0.3, -0.25) is 9.59 Å². The molecule has 1 aliphatic carbocycles. The molecule has 54 heavy (non-hydrogen) atoms. The van der Waals surface area contributed by atoms with Gasteiger partial charge in [0.15, 0.2) is 6.61 Å². The lowest BCUT2D eigenvalue weighted by molar-refractivity contribution is -0.139. The number of hydrogen-bond acceptors (Lipinski definition) is 7. The number of carboxylic acids is 1. The number of carbonyl (C=O) groups excluding carboxylic acids is 2. The number of hydrogen-bond donors (Lipinski definition) is 2. The summed E-state index contributed by atoms with van der Waals surface area (Å²) < 4.78 is 50.8. The van der Waals surface area contributed by atoms with Crippen LogP contribution >= 0.6 is 11.3 Å². The van der Waals surface area contributed by atoms with Crippen LogP contribution in [0.15, 0.2) is 115 Å².